The Morgan fingerprint density at radius 1 is 1.44 bits per heavy atom. The SMILES string of the molecule is CCN(CCCC(=O)OC)c1cccc(CO)c1. The molecule has 0 spiro atoms. The van der Waals surface area contributed by atoms with Crippen LogP contribution < -0.4 is 4.90 Å². The lowest BCUT2D eigenvalue weighted by Crippen LogP contribution is -2.24. The van der Waals surface area contributed by atoms with Crippen molar-refractivity contribution in [1.29, 1.82) is 0 Å². The molecule has 0 amide bonds. The summed E-state index contributed by atoms with van der Waals surface area (Å²) in [6.07, 6.45) is 1.20. The number of anilines is 1. The number of esters is 1. The van der Waals surface area contributed by atoms with Crippen molar-refractivity contribution in [1.82, 2.24) is 0 Å². The Balaban J connectivity index is 2.56. The number of carbonyl (C=O) groups is 1. The predicted octanol–water partition coefficient (Wildman–Crippen LogP) is 1.96. The first-order valence-corrected chi connectivity index (χ1v) is 6.22. The van der Waals surface area contributed by atoms with E-state index in [0.29, 0.717) is 6.42 Å². The lowest BCUT2D eigenvalue weighted by molar-refractivity contribution is -0.140. The molecule has 0 atom stereocenters. The van der Waals surface area contributed by atoms with Crippen molar-refractivity contribution < 1.29 is 14.6 Å². The number of carbonyl (C=O) groups excluding carboxylic acids is 1. The monoisotopic (exact) mass is 251 g/mol. The van der Waals surface area contributed by atoms with Crippen molar-refractivity contribution in [3.63, 3.8) is 0 Å². The van der Waals surface area contributed by atoms with Crippen molar-refractivity contribution in [2.24, 2.45) is 0 Å². The number of hydrogen-bond donors (Lipinski definition) is 1. The van der Waals surface area contributed by atoms with E-state index in [1.807, 2.05) is 24.3 Å². The Kier molecular flexibility index (Phi) is 6.22. The fourth-order valence-electron chi connectivity index (χ4n) is 1.84. The third-order valence-corrected chi connectivity index (χ3v) is 2.88. The van der Waals surface area contributed by atoms with Gasteiger partial charge in [-0.2, -0.15) is 0 Å². The van der Waals surface area contributed by atoms with Crippen LogP contribution in [-0.4, -0.2) is 31.3 Å². The summed E-state index contributed by atoms with van der Waals surface area (Å²) >= 11 is 0. The average molecular weight is 251 g/mol. The molecule has 0 saturated heterocycles. The molecule has 4 nitrogen and oxygen atoms in total. The van der Waals surface area contributed by atoms with Crippen LogP contribution in [0.3, 0.4) is 0 Å². The minimum Gasteiger partial charge on any atom is -0.469 e. The number of aliphatic hydroxyl groups excluding tert-OH is 1. The molecule has 0 fully saturated rings. The number of benzene rings is 1. The van der Waals surface area contributed by atoms with Gasteiger partial charge in [-0.1, -0.05) is 12.1 Å². The van der Waals surface area contributed by atoms with Crippen LogP contribution in [0.2, 0.25) is 0 Å². The molecular weight excluding hydrogens is 230 g/mol. The minimum absolute atomic E-state index is 0.0492. The van der Waals surface area contributed by atoms with Gasteiger partial charge in [0.2, 0.25) is 0 Å². The van der Waals surface area contributed by atoms with E-state index in [0.717, 1.165) is 30.8 Å². The average Bonchev–Trinajstić information content (AvgIpc) is 2.43. The van der Waals surface area contributed by atoms with Gasteiger partial charge in [-0.3, -0.25) is 4.79 Å². The summed E-state index contributed by atoms with van der Waals surface area (Å²) < 4.78 is 4.62. The normalized spacial score (nSPS) is 10.2. The number of rotatable bonds is 7. The van der Waals surface area contributed by atoms with Crippen molar-refractivity contribution in [3.05, 3.63) is 29.8 Å². The first-order chi connectivity index (χ1) is 8.71. The maximum absolute atomic E-state index is 11.0. The highest BCUT2D eigenvalue weighted by molar-refractivity contribution is 5.69. The summed E-state index contributed by atoms with van der Waals surface area (Å²) in [6, 6.07) is 7.82. The van der Waals surface area contributed by atoms with E-state index in [2.05, 4.69) is 16.6 Å². The van der Waals surface area contributed by atoms with Gasteiger partial charge in [0.15, 0.2) is 0 Å². The van der Waals surface area contributed by atoms with Crippen molar-refractivity contribution >= 4 is 11.7 Å². The molecular formula is C14H21NO3. The molecule has 4 heteroatoms. The zero-order chi connectivity index (χ0) is 13.4. The zero-order valence-corrected chi connectivity index (χ0v) is 11.1. The molecule has 0 saturated carbocycles. The number of aliphatic hydroxyl groups is 1. The standard InChI is InChI=1S/C14H21NO3/c1-3-15(9-5-8-14(17)18-2)13-7-4-6-12(10-13)11-16/h4,6-7,10,16H,3,5,8-9,11H2,1-2H3. The third-order valence-electron chi connectivity index (χ3n) is 2.88. The summed E-state index contributed by atoms with van der Waals surface area (Å²) in [6.45, 7) is 3.80. The minimum atomic E-state index is -0.171. The molecule has 100 valence electrons. The van der Waals surface area contributed by atoms with E-state index >= 15 is 0 Å². The second-order valence-corrected chi connectivity index (χ2v) is 4.09. The molecule has 0 bridgehead atoms. The summed E-state index contributed by atoms with van der Waals surface area (Å²) in [4.78, 5) is 13.2. The van der Waals surface area contributed by atoms with Gasteiger partial charge < -0.3 is 14.7 Å². The van der Waals surface area contributed by atoms with Crippen molar-refractivity contribution in [2.45, 2.75) is 26.4 Å². The van der Waals surface area contributed by atoms with E-state index in [9.17, 15) is 4.79 Å². The Bertz CT molecular complexity index is 379. The van der Waals surface area contributed by atoms with Crippen LogP contribution in [0.15, 0.2) is 24.3 Å². The zero-order valence-electron chi connectivity index (χ0n) is 11.1. The molecule has 0 aliphatic rings. The number of ether oxygens (including phenoxy) is 1. The highest BCUT2D eigenvalue weighted by Crippen LogP contribution is 2.16. The van der Waals surface area contributed by atoms with Gasteiger partial charge in [-0.15, -0.1) is 0 Å². The summed E-state index contributed by atoms with van der Waals surface area (Å²) in [5.74, 6) is -0.171. The Morgan fingerprint density at radius 2 is 2.22 bits per heavy atom. The van der Waals surface area contributed by atoms with Gasteiger partial charge in [0.05, 0.1) is 13.7 Å². The van der Waals surface area contributed by atoms with E-state index in [4.69, 9.17) is 5.11 Å². The second kappa shape index (κ2) is 7.71. The summed E-state index contributed by atoms with van der Waals surface area (Å²) in [7, 11) is 1.41. The largest absolute Gasteiger partial charge is 0.469 e. The van der Waals surface area contributed by atoms with Crippen LogP contribution in [-0.2, 0) is 16.1 Å². The second-order valence-electron chi connectivity index (χ2n) is 4.09. The van der Waals surface area contributed by atoms with Crippen LogP contribution in [0.5, 0.6) is 0 Å². The molecule has 0 radical (unpaired) electrons. The molecule has 0 heterocycles. The van der Waals surface area contributed by atoms with E-state index in [1.165, 1.54) is 7.11 Å². The number of methoxy groups -OCH3 is 1. The third kappa shape index (κ3) is 4.37. The Hall–Kier alpha value is -1.55. The molecule has 18 heavy (non-hydrogen) atoms. The van der Waals surface area contributed by atoms with Gasteiger partial charge in [0, 0.05) is 25.2 Å². The molecule has 1 rings (SSSR count). The van der Waals surface area contributed by atoms with Crippen LogP contribution in [0.1, 0.15) is 25.3 Å². The highest BCUT2D eigenvalue weighted by atomic mass is 16.5. The molecule has 1 N–H and O–H groups in total. The fraction of sp³-hybridized carbons (Fsp3) is 0.500. The number of nitrogens with zero attached hydrogens (tertiary/aromatic N) is 1. The fourth-order valence-corrected chi connectivity index (χ4v) is 1.84. The molecule has 0 aromatic heterocycles. The summed E-state index contributed by atoms with van der Waals surface area (Å²) in [5, 5.41) is 9.12. The molecule has 0 aliphatic carbocycles. The molecule has 1 aromatic rings. The highest BCUT2D eigenvalue weighted by Gasteiger charge is 2.06. The van der Waals surface area contributed by atoms with Crippen molar-refractivity contribution in [3.8, 4) is 0 Å². The molecule has 1 aromatic carbocycles. The van der Waals surface area contributed by atoms with Gasteiger partial charge in [0.1, 0.15) is 0 Å². The van der Waals surface area contributed by atoms with Gasteiger partial charge in [0.25, 0.3) is 0 Å². The van der Waals surface area contributed by atoms with Gasteiger partial charge in [-0.25, -0.2) is 0 Å². The van der Waals surface area contributed by atoms with E-state index < -0.39 is 0 Å². The quantitative estimate of drug-likeness (QED) is 0.753. The number of hydrogen-bond acceptors (Lipinski definition) is 4. The van der Waals surface area contributed by atoms with Crippen LogP contribution in [0, 0.1) is 0 Å². The van der Waals surface area contributed by atoms with E-state index in [1.54, 1.807) is 0 Å². The molecule has 0 aliphatic heterocycles. The van der Waals surface area contributed by atoms with Crippen LogP contribution >= 0.6 is 0 Å². The van der Waals surface area contributed by atoms with E-state index in [-0.39, 0.29) is 12.6 Å². The lowest BCUT2D eigenvalue weighted by Gasteiger charge is -2.23. The lowest BCUT2D eigenvalue weighted by atomic mass is 10.2. The topological polar surface area (TPSA) is 49.8 Å². The van der Waals surface area contributed by atoms with Crippen molar-refractivity contribution in [2.75, 3.05) is 25.1 Å². The Morgan fingerprint density at radius 3 is 2.83 bits per heavy atom. The first-order valence-electron chi connectivity index (χ1n) is 6.22. The predicted molar refractivity (Wildman–Crippen MR) is 71.5 cm³/mol. The molecule has 0 unspecified atom stereocenters. The van der Waals surface area contributed by atoms with Gasteiger partial charge in [-0.05, 0) is 31.0 Å². The smallest absolute Gasteiger partial charge is 0.305 e. The maximum atomic E-state index is 11.0. The van der Waals surface area contributed by atoms with Crippen LogP contribution in [0.25, 0.3) is 0 Å². The maximum Gasteiger partial charge on any atom is 0.305 e. The Labute approximate surface area is 108 Å². The summed E-state index contributed by atoms with van der Waals surface area (Å²) in [5.41, 5.74) is 1.98. The first kappa shape index (κ1) is 14.5. The van der Waals surface area contributed by atoms with Gasteiger partial charge >= 0.3 is 5.97 Å². The van der Waals surface area contributed by atoms with Crippen LogP contribution in [0.4, 0.5) is 5.69 Å².